The van der Waals surface area contributed by atoms with Gasteiger partial charge in [0, 0.05) is 28.8 Å². The van der Waals surface area contributed by atoms with Gasteiger partial charge in [0.05, 0.1) is 30.9 Å². The van der Waals surface area contributed by atoms with E-state index >= 15 is 0 Å². The summed E-state index contributed by atoms with van der Waals surface area (Å²) in [5, 5.41) is 7.83. The molecule has 0 aliphatic carbocycles. The minimum absolute atomic E-state index is 0.0170. The monoisotopic (exact) mass is 691 g/mol. The number of nitrogens with zero attached hydrogens (tertiary/aromatic N) is 2. The van der Waals surface area contributed by atoms with Crippen LogP contribution in [-0.4, -0.2) is 46.6 Å². The van der Waals surface area contributed by atoms with E-state index in [0.29, 0.717) is 39.7 Å². The van der Waals surface area contributed by atoms with Crippen molar-refractivity contribution in [2.45, 2.75) is 24.0 Å². The van der Waals surface area contributed by atoms with Gasteiger partial charge in [-0.15, -0.1) is 11.8 Å². The van der Waals surface area contributed by atoms with Crippen molar-refractivity contribution in [3.05, 3.63) is 136 Å². The molecule has 0 radical (unpaired) electrons. The second-order valence-corrected chi connectivity index (χ2v) is 12.6. The van der Waals surface area contributed by atoms with Crippen LogP contribution in [0.2, 0.25) is 0 Å². The van der Waals surface area contributed by atoms with Crippen molar-refractivity contribution in [3.8, 4) is 17.2 Å². The van der Waals surface area contributed by atoms with Crippen molar-refractivity contribution >= 4 is 46.9 Å². The Morgan fingerprint density at radius 1 is 0.840 bits per heavy atom. The third kappa shape index (κ3) is 8.16. The number of rotatable bonds is 12. The summed E-state index contributed by atoms with van der Waals surface area (Å²) in [6.45, 7) is 3.53. The fraction of sp³-hybridized carbons (Fsp3) is 0.158. The lowest BCUT2D eigenvalue weighted by Crippen LogP contribution is -2.30. The van der Waals surface area contributed by atoms with Crippen LogP contribution in [0.5, 0.6) is 11.5 Å². The summed E-state index contributed by atoms with van der Waals surface area (Å²) >= 11 is 1.30. The Morgan fingerprint density at radius 3 is 2.14 bits per heavy atom. The lowest BCUT2D eigenvalue weighted by atomic mass is 10.1. The van der Waals surface area contributed by atoms with Crippen molar-refractivity contribution < 1.29 is 23.9 Å². The molecule has 0 aliphatic rings. The summed E-state index contributed by atoms with van der Waals surface area (Å²) in [5.41, 5.74) is 2.58. The van der Waals surface area contributed by atoms with Gasteiger partial charge in [-0.1, -0.05) is 36.4 Å². The van der Waals surface area contributed by atoms with E-state index in [1.54, 1.807) is 98.4 Å². The quantitative estimate of drug-likeness (QED) is 0.108. The molecule has 0 aliphatic heterocycles. The second-order valence-electron chi connectivity index (χ2n) is 11.2. The number of benzene rings is 4. The van der Waals surface area contributed by atoms with Crippen LogP contribution in [-0.2, 0) is 16.6 Å². The van der Waals surface area contributed by atoms with Crippen molar-refractivity contribution in [1.29, 1.82) is 0 Å². The molecule has 1 aromatic heterocycles. The Labute approximate surface area is 293 Å². The molecule has 0 saturated carbocycles. The minimum Gasteiger partial charge on any atom is -0.497 e. The summed E-state index contributed by atoms with van der Waals surface area (Å²) in [6.07, 6.45) is 1.52. The number of carbonyl (C=O) groups excluding carboxylic acids is 3. The first-order chi connectivity index (χ1) is 24.1. The van der Waals surface area contributed by atoms with Crippen LogP contribution in [0.25, 0.3) is 11.8 Å². The molecule has 0 bridgehead atoms. The molecule has 1 heterocycles. The van der Waals surface area contributed by atoms with Crippen LogP contribution in [0, 0.1) is 6.92 Å². The Bertz CT molecular complexity index is 2090. The number of carbonyl (C=O) groups is 3. The summed E-state index contributed by atoms with van der Waals surface area (Å²) in [7, 11) is 4.81. The molecule has 50 heavy (non-hydrogen) atoms. The second kappa shape index (κ2) is 15.9. The van der Waals surface area contributed by atoms with Gasteiger partial charge in [0.2, 0.25) is 5.91 Å². The van der Waals surface area contributed by atoms with Crippen molar-refractivity contribution in [1.82, 2.24) is 14.7 Å². The molecule has 0 saturated heterocycles. The van der Waals surface area contributed by atoms with E-state index < -0.39 is 17.1 Å². The fourth-order valence-electron chi connectivity index (χ4n) is 5.06. The average Bonchev–Trinajstić information content (AvgIpc) is 3.34. The number of nitrogens with one attached hydrogen (secondary N) is 3. The Morgan fingerprint density at radius 2 is 1.50 bits per heavy atom. The van der Waals surface area contributed by atoms with Crippen LogP contribution in [0.15, 0.2) is 119 Å². The maximum atomic E-state index is 13.6. The molecule has 1 atom stereocenters. The molecular weight excluding hydrogens is 655 g/mol. The third-order valence-electron chi connectivity index (χ3n) is 7.86. The predicted octanol–water partition coefficient (Wildman–Crippen LogP) is 6.03. The Hall–Kier alpha value is -6.01. The summed E-state index contributed by atoms with van der Waals surface area (Å²) in [5.74, 6) is -0.321. The number of hydrogen-bond acceptors (Lipinski definition) is 7. The molecule has 0 fully saturated rings. The number of hydrogen-bond donors (Lipinski definition) is 3. The maximum absolute atomic E-state index is 13.6. The number of ether oxygens (including phenoxy) is 2. The molecule has 12 heteroatoms. The lowest BCUT2D eigenvalue weighted by Gasteiger charge is -2.14. The van der Waals surface area contributed by atoms with E-state index in [9.17, 15) is 19.2 Å². The molecule has 5 rings (SSSR count). The van der Waals surface area contributed by atoms with Crippen molar-refractivity contribution in [3.63, 3.8) is 0 Å². The van der Waals surface area contributed by atoms with Gasteiger partial charge in [-0.3, -0.25) is 23.9 Å². The van der Waals surface area contributed by atoms with Crippen LogP contribution in [0.1, 0.15) is 28.5 Å². The van der Waals surface area contributed by atoms with Crippen LogP contribution in [0.4, 0.5) is 11.4 Å². The van der Waals surface area contributed by atoms with Gasteiger partial charge in [-0.05, 0) is 86.7 Å². The van der Waals surface area contributed by atoms with E-state index in [1.807, 2.05) is 30.3 Å². The first kappa shape index (κ1) is 35.3. The SMILES string of the molecule is COc1ccc(OC)c(/C=C(\NC(=O)c2ccccc2)C(=O)Nc2ccc(SC(C)C(=O)Nc3c(C)n(C)n(-c4ccccc4)c3=O)cc2)c1. The molecule has 3 N–H and O–H groups in total. The van der Waals surface area contributed by atoms with Gasteiger partial charge < -0.3 is 25.4 Å². The molecule has 0 spiro atoms. The van der Waals surface area contributed by atoms with E-state index in [1.165, 1.54) is 36.7 Å². The largest absolute Gasteiger partial charge is 0.497 e. The van der Waals surface area contributed by atoms with Gasteiger partial charge in [0.15, 0.2) is 0 Å². The number of aromatic nitrogens is 2. The van der Waals surface area contributed by atoms with Crippen molar-refractivity contribution in [2.24, 2.45) is 7.05 Å². The highest BCUT2D eigenvalue weighted by molar-refractivity contribution is 8.00. The lowest BCUT2D eigenvalue weighted by molar-refractivity contribution is -0.115. The molecule has 5 aromatic rings. The summed E-state index contributed by atoms with van der Waals surface area (Å²) in [6, 6.07) is 29.9. The zero-order chi connectivity index (χ0) is 35.8. The first-order valence-electron chi connectivity index (χ1n) is 15.6. The summed E-state index contributed by atoms with van der Waals surface area (Å²) in [4.78, 5) is 53.9. The van der Waals surface area contributed by atoms with E-state index in [0.717, 1.165) is 4.90 Å². The maximum Gasteiger partial charge on any atom is 0.295 e. The zero-order valence-electron chi connectivity index (χ0n) is 28.2. The third-order valence-corrected chi connectivity index (χ3v) is 8.97. The topological polar surface area (TPSA) is 133 Å². The van der Waals surface area contributed by atoms with E-state index in [-0.39, 0.29) is 22.9 Å². The number of para-hydroxylation sites is 1. The van der Waals surface area contributed by atoms with Crippen LogP contribution < -0.4 is 31.0 Å². The van der Waals surface area contributed by atoms with Gasteiger partial charge in [0.1, 0.15) is 22.9 Å². The number of amides is 3. The predicted molar refractivity (Wildman–Crippen MR) is 196 cm³/mol. The van der Waals surface area contributed by atoms with Gasteiger partial charge in [-0.25, -0.2) is 4.68 Å². The molecule has 3 amide bonds. The highest BCUT2D eigenvalue weighted by Crippen LogP contribution is 2.28. The Kier molecular flexibility index (Phi) is 11.2. The van der Waals surface area contributed by atoms with E-state index in [2.05, 4.69) is 16.0 Å². The molecule has 4 aromatic carbocycles. The van der Waals surface area contributed by atoms with Crippen LogP contribution >= 0.6 is 11.8 Å². The number of anilines is 2. The standard InChI is InChI=1S/C38H37N5O6S/c1-24-34(38(47)43(42(24)3)29-14-10-7-11-15-29)41-35(44)25(2)50-31-19-16-28(17-20-31)39-37(46)32(40-36(45)26-12-8-6-9-13-26)23-27-22-30(48-4)18-21-33(27)49-5/h6-23,25H,1-5H3,(H,39,46)(H,40,45)(H,41,44)/b32-23-. The van der Waals surface area contributed by atoms with Crippen LogP contribution in [0.3, 0.4) is 0 Å². The van der Waals surface area contributed by atoms with E-state index in [4.69, 9.17) is 9.47 Å². The highest BCUT2D eigenvalue weighted by atomic mass is 32.2. The molecular formula is C38H37N5O6S. The van der Waals surface area contributed by atoms with Gasteiger partial charge in [0.25, 0.3) is 17.4 Å². The normalized spacial score (nSPS) is 11.7. The average molecular weight is 692 g/mol. The smallest absolute Gasteiger partial charge is 0.295 e. The number of thioether (sulfide) groups is 1. The Balaban J connectivity index is 1.29. The molecule has 11 nitrogen and oxygen atoms in total. The first-order valence-corrected chi connectivity index (χ1v) is 16.5. The van der Waals surface area contributed by atoms with Crippen molar-refractivity contribution in [2.75, 3.05) is 24.9 Å². The summed E-state index contributed by atoms with van der Waals surface area (Å²) < 4.78 is 14.0. The highest BCUT2D eigenvalue weighted by Gasteiger charge is 2.22. The number of methoxy groups -OCH3 is 2. The van der Waals surface area contributed by atoms with Gasteiger partial charge in [-0.2, -0.15) is 0 Å². The minimum atomic E-state index is -0.563. The molecule has 1 unspecified atom stereocenters. The zero-order valence-corrected chi connectivity index (χ0v) is 29.0. The van der Waals surface area contributed by atoms with Gasteiger partial charge >= 0.3 is 0 Å². The molecule has 256 valence electrons. The fourth-order valence-corrected chi connectivity index (χ4v) is 5.93.